The van der Waals surface area contributed by atoms with Crippen molar-refractivity contribution in [2.75, 3.05) is 13.1 Å². The topological polar surface area (TPSA) is 23.5 Å². The van der Waals surface area contributed by atoms with Gasteiger partial charge in [-0.1, -0.05) is 57.0 Å². The lowest BCUT2D eigenvalue weighted by atomic mass is 9.93. The van der Waals surface area contributed by atoms with Gasteiger partial charge in [-0.05, 0) is 73.2 Å². The summed E-state index contributed by atoms with van der Waals surface area (Å²) in [5.41, 5.74) is 4.00. The fraction of sp³-hybridized carbons (Fsp3) is 0.565. The molecule has 0 spiro atoms. The highest BCUT2D eigenvalue weighted by Gasteiger charge is 2.25. The smallest absolute Gasteiger partial charge is 0.0948 e. The molecular formula is C23H33NO. The van der Waals surface area contributed by atoms with Crippen molar-refractivity contribution in [2.24, 2.45) is 0 Å². The van der Waals surface area contributed by atoms with Crippen LogP contribution in [0, 0.1) is 0 Å². The molecule has 2 unspecified atom stereocenters. The number of aliphatic hydroxyl groups excluding tert-OH is 1. The van der Waals surface area contributed by atoms with E-state index in [0.29, 0.717) is 0 Å². The fourth-order valence-electron chi connectivity index (χ4n) is 4.23. The second-order valence-electron chi connectivity index (χ2n) is 7.58. The molecule has 0 heterocycles. The summed E-state index contributed by atoms with van der Waals surface area (Å²) in [5, 5.41) is 13.9. The second-order valence-corrected chi connectivity index (χ2v) is 7.58. The molecule has 0 radical (unpaired) electrons. The number of benzene rings is 2. The molecule has 1 aliphatic rings. The molecule has 0 fully saturated rings. The molecule has 2 atom stereocenters. The Hall–Kier alpha value is -1.38. The molecule has 0 bridgehead atoms. The first-order valence-corrected chi connectivity index (χ1v) is 10.1. The number of rotatable bonds is 9. The van der Waals surface area contributed by atoms with E-state index in [2.05, 4.69) is 56.0 Å². The first-order chi connectivity index (χ1) is 12.2. The molecule has 0 saturated heterocycles. The largest absolute Gasteiger partial charge is 0.387 e. The van der Waals surface area contributed by atoms with E-state index in [1.165, 1.54) is 47.6 Å². The van der Waals surface area contributed by atoms with E-state index >= 15 is 0 Å². The molecule has 136 valence electrons. The summed E-state index contributed by atoms with van der Waals surface area (Å²) < 4.78 is 0. The van der Waals surface area contributed by atoms with Crippen LogP contribution in [0.15, 0.2) is 30.3 Å². The van der Waals surface area contributed by atoms with Gasteiger partial charge in [0, 0.05) is 6.04 Å². The first kappa shape index (κ1) is 18.4. The summed E-state index contributed by atoms with van der Waals surface area (Å²) in [6.45, 7) is 8.83. The zero-order valence-corrected chi connectivity index (χ0v) is 16.1. The minimum absolute atomic E-state index is 0.150. The zero-order valence-electron chi connectivity index (χ0n) is 16.1. The lowest BCUT2D eigenvalue weighted by Crippen LogP contribution is -2.39. The highest BCUT2D eigenvalue weighted by Crippen LogP contribution is 2.36. The van der Waals surface area contributed by atoms with Crippen LogP contribution in [0.2, 0.25) is 0 Å². The second kappa shape index (κ2) is 8.33. The quantitative estimate of drug-likeness (QED) is 0.673. The van der Waals surface area contributed by atoms with Gasteiger partial charge in [-0.2, -0.15) is 0 Å². The standard InChI is InChI=1S/C23H33NO/c1-4-6-15-24(16-7-5-2)17(3)23(25)21-14-13-19-12-11-18-9-8-10-20(21)22(18)19/h8-10,13-14,17,23,25H,4-7,11-12,15-16H2,1-3H3. The maximum Gasteiger partial charge on any atom is 0.0948 e. The van der Waals surface area contributed by atoms with Crippen molar-refractivity contribution in [1.82, 2.24) is 4.90 Å². The predicted molar refractivity (Wildman–Crippen MR) is 107 cm³/mol. The number of aryl methyl sites for hydroxylation is 2. The molecule has 0 aliphatic heterocycles. The first-order valence-electron chi connectivity index (χ1n) is 10.1. The van der Waals surface area contributed by atoms with Gasteiger partial charge in [-0.3, -0.25) is 4.90 Å². The summed E-state index contributed by atoms with van der Waals surface area (Å²) in [6, 6.07) is 11.2. The molecule has 1 aliphatic carbocycles. The van der Waals surface area contributed by atoms with E-state index in [4.69, 9.17) is 0 Å². The molecule has 0 aromatic heterocycles. The minimum atomic E-state index is -0.432. The Labute approximate surface area is 152 Å². The maximum atomic E-state index is 11.2. The van der Waals surface area contributed by atoms with E-state index in [9.17, 15) is 5.11 Å². The summed E-state index contributed by atoms with van der Waals surface area (Å²) in [4.78, 5) is 2.49. The third-order valence-electron chi connectivity index (χ3n) is 5.86. The van der Waals surface area contributed by atoms with Gasteiger partial charge in [-0.25, -0.2) is 0 Å². The van der Waals surface area contributed by atoms with Crippen LogP contribution in [0.1, 0.15) is 69.2 Å². The van der Waals surface area contributed by atoms with E-state index in [0.717, 1.165) is 31.5 Å². The highest BCUT2D eigenvalue weighted by atomic mass is 16.3. The number of aliphatic hydroxyl groups is 1. The number of unbranched alkanes of at least 4 members (excludes halogenated alkanes) is 2. The Kier molecular flexibility index (Phi) is 6.14. The van der Waals surface area contributed by atoms with Crippen LogP contribution in [0.25, 0.3) is 10.8 Å². The van der Waals surface area contributed by atoms with Gasteiger partial charge in [0.1, 0.15) is 0 Å². The summed E-state index contributed by atoms with van der Waals surface area (Å²) in [5.74, 6) is 0. The van der Waals surface area contributed by atoms with Gasteiger partial charge in [0.2, 0.25) is 0 Å². The van der Waals surface area contributed by atoms with Crippen molar-refractivity contribution in [3.63, 3.8) is 0 Å². The molecule has 2 heteroatoms. The van der Waals surface area contributed by atoms with Crippen LogP contribution in [0.3, 0.4) is 0 Å². The third kappa shape index (κ3) is 3.75. The number of hydrogen-bond donors (Lipinski definition) is 1. The zero-order chi connectivity index (χ0) is 17.8. The lowest BCUT2D eigenvalue weighted by molar-refractivity contribution is 0.0569. The van der Waals surface area contributed by atoms with E-state index in [1.54, 1.807) is 0 Å². The molecule has 0 saturated carbocycles. The molecule has 0 amide bonds. The highest BCUT2D eigenvalue weighted by molar-refractivity contribution is 5.93. The molecular weight excluding hydrogens is 306 g/mol. The van der Waals surface area contributed by atoms with Crippen LogP contribution in [0.4, 0.5) is 0 Å². The van der Waals surface area contributed by atoms with Gasteiger partial charge in [0.05, 0.1) is 6.10 Å². The van der Waals surface area contributed by atoms with Gasteiger partial charge in [0.15, 0.2) is 0 Å². The minimum Gasteiger partial charge on any atom is -0.387 e. The normalized spacial score (nSPS) is 15.9. The molecule has 2 nitrogen and oxygen atoms in total. The Morgan fingerprint density at radius 1 is 0.960 bits per heavy atom. The van der Waals surface area contributed by atoms with Crippen molar-refractivity contribution < 1.29 is 5.11 Å². The molecule has 1 N–H and O–H groups in total. The Bertz CT molecular complexity index is 690. The van der Waals surface area contributed by atoms with Crippen molar-refractivity contribution in [3.8, 4) is 0 Å². The number of nitrogens with zero attached hydrogens (tertiary/aromatic N) is 1. The van der Waals surface area contributed by atoms with Crippen molar-refractivity contribution in [3.05, 3.63) is 47.0 Å². The molecule has 25 heavy (non-hydrogen) atoms. The van der Waals surface area contributed by atoms with Crippen LogP contribution in [-0.2, 0) is 12.8 Å². The fourth-order valence-corrected chi connectivity index (χ4v) is 4.23. The predicted octanol–water partition coefficient (Wildman–Crippen LogP) is 5.26. The SMILES string of the molecule is CCCCN(CCCC)C(C)C(O)c1ccc2c3c(cccc13)CC2. The van der Waals surface area contributed by atoms with Gasteiger partial charge in [-0.15, -0.1) is 0 Å². The van der Waals surface area contributed by atoms with E-state index in [-0.39, 0.29) is 6.04 Å². The third-order valence-corrected chi connectivity index (χ3v) is 5.86. The van der Waals surface area contributed by atoms with Crippen molar-refractivity contribution >= 4 is 10.8 Å². The number of hydrogen-bond acceptors (Lipinski definition) is 2. The van der Waals surface area contributed by atoms with Gasteiger partial charge >= 0.3 is 0 Å². The Morgan fingerprint density at radius 3 is 2.24 bits per heavy atom. The van der Waals surface area contributed by atoms with Crippen LogP contribution in [-0.4, -0.2) is 29.1 Å². The molecule has 2 aromatic carbocycles. The van der Waals surface area contributed by atoms with Gasteiger partial charge < -0.3 is 5.11 Å². The van der Waals surface area contributed by atoms with Crippen molar-refractivity contribution in [1.29, 1.82) is 0 Å². The van der Waals surface area contributed by atoms with Crippen molar-refractivity contribution in [2.45, 2.75) is 71.4 Å². The summed E-state index contributed by atoms with van der Waals surface area (Å²) >= 11 is 0. The Morgan fingerprint density at radius 2 is 1.60 bits per heavy atom. The van der Waals surface area contributed by atoms with Crippen LogP contribution < -0.4 is 0 Å². The maximum absolute atomic E-state index is 11.2. The molecule has 2 aromatic rings. The average Bonchev–Trinajstić information content (AvgIpc) is 3.06. The Balaban J connectivity index is 1.89. The van der Waals surface area contributed by atoms with Gasteiger partial charge in [0.25, 0.3) is 0 Å². The molecule has 3 rings (SSSR count). The lowest BCUT2D eigenvalue weighted by Gasteiger charge is -2.33. The summed E-state index contributed by atoms with van der Waals surface area (Å²) in [7, 11) is 0. The van der Waals surface area contributed by atoms with Crippen LogP contribution >= 0.6 is 0 Å². The van der Waals surface area contributed by atoms with Crippen LogP contribution in [0.5, 0.6) is 0 Å². The average molecular weight is 340 g/mol. The van der Waals surface area contributed by atoms with E-state index in [1.807, 2.05) is 0 Å². The van der Waals surface area contributed by atoms with E-state index < -0.39 is 6.10 Å². The monoisotopic (exact) mass is 339 g/mol. The summed E-state index contributed by atoms with van der Waals surface area (Å²) in [6.07, 6.45) is 6.65.